The minimum absolute atomic E-state index is 0.0459. The number of halogens is 2. The number of aliphatic hydroxyl groups is 1. The summed E-state index contributed by atoms with van der Waals surface area (Å²) in [7, 11) is 0. The predicted molar refractivity (Wildman–Crippen MR) is 137 cm³/mol. The molecule has 5 aliphatic carbocycles. The van der Waals surface area contributed by atoms with Gasteiger partial charge in [-0.1, -0.05) is 33.3 Å². The average molecular weight is 551 g/mol. The molecule has 8 atom stereocenters. The van der Waals surface area contributed by atoms with Crippen molar-refractivity contribution in [3.63, 3.8) is 0 Å². The zero-order chi connectivity index (χ0) is 28.5. The van der Waals surface area contributed by atoms with E-state index in [2.05, 4.69) is 6.92 Å². The second kappa shape index (κ2) is 9.38. The lowest BCUT2D eigenvalue weighted by molar-refractivity contribution is -0.227. The molecule has 0 amide bonds. The fourth-order valence-electron chi connectivity index (χ4n) is 9.16. The molecule has 7 nitrogen and oxygen atoms in total. The van der Waals surface area contributed by atoms with E-state index in [0.717, 1.165) is 19.3 Å². The van der Waals surface area contributed by atoms with Gasteiger partial charge >= 0.3 is 12.1 Å². The number of fused-ring (bicyclic) bond motifs is 5. The van der Waals surface area contributed by atoms with Crippen LogP contribution in [-0.2, 0) is 19.1 Å². The fourth-order valence-corrected chi connectivity index (χ4v) is 9.16. The summed E-state index contributed by atoms with van der Waals surface area (Å²) in [4.78, 5) is 38.2. The highest BCUT2D eigenvalue weighted by atomic mass is 19.1. The van der Waals surface area contributed by atoms with Gasteiger partial charge in [-0.2, -0.15) is 0 Å². The normalized spacial score (nSPS) is 47.2. The Balaban J connectivity index is 1.48. The van der Waals surface area contributed by atoms with Gasteiger partial charge in [0.25, 0.3) is 0 Å². The van der Waals surface area contributed by atoms with Crippen LogP contribution in [0.5, 0.6) is 0 Å². The van der Waals surface area contributed by atoms with Crippen molar-refractivity contribution in [2.45, 2.75) is 109 Å². The molecule has 2 N–H and O–H groups in total. The number of carbonyl (C=O) groups is 3. The van der Waals surface area contributed by atoms with Crippen LogP contribution in [0.3, 0.4) is 0 Å². The summed E-state index contributed by atoms with van der Waals surface area (Å²) in [6.07, 6.45) is 2.99. The number of hydrogen-bond donors (Lipinski definition) is 2. The van der Waals surface area contributed by atoms with Crippen molar-refractivity contribution in [1.82, 2.24) is 0 Å². The molecule has 0 heterocycles. The number of alkyl halides is 1. The van der Waals surface area contributed by atoms with Crippen molar-refractivity contribution < 1.29 is 42.9 Å². The molecule has 0 aromatic heterocycles. The summed E-state index contributed by atoms with van der Waals surface area (Å²) in [5.74, 6) is -4.25. The molecule has 0 aliphatic heterocycles. The van der Waals surface area contributed by atoms with Crippen molar-refractivity contribution in [1.29, 1.82) is 0 Å². The summed E-state index contributed by atoms with van der Waals surface area (Å²) < 4.78 is 44.3. The van der Waals surface area contributed by atoms with E-state index in [9.17, 15) is 24.6 Å². The van der Waals surface area contributed by atoms with Crippen molar-refractivity contribution in [2.24, 2.45) is 34.5 Å². The van der Waals surface area contributed by atoms with Crippen LogP contribution in [0, 0.1) is 34.5 Å². The minimum Gasteiger partial charge on any atom is -0.478 e. The molecule has 39 heavy (non-hydrogen) atoms. The Bertz CT molecular complexity index is 1130. The maximum atomic E-state index is 17.4. The quantitative estimate of drug-likeness (QED) is 0.423. The van der Waals surface area contributed by atoms with E-state index in [1.807, 2.05) is 0 Å². The number of carboxylic acid groups (broad SMARTS) is 1. The highest BCUT2D eigenvalue weighted by molar-refractivity contribution is 5.93. The SMILES string of the molecule is CCC1CCC(OC(=O)O[C@]2(C(=O)O)[C@H](C)C[C@H]3[C@@H]4CC(F)=C5CC(=O)C=C[C@]5(C)[C@@]4(F)[C@@H](O)C[C@@]32C)CC1. The fraction of sp³-hybridized carbons (Fsp3) is 0.767. The van der Waals surface area contributed by atoms with Gasteiger partial charge in [0.1, 0.15) is 11.9 Å². The van der Waals surface area contributed by atoms with Gasteiger partial charge in [0.05, 0.1) is 6.10 Å². The van der Waals surface area contributed by atoms with Gasteiger partial charge in [0.15, 0.2) is 11.5 Å². The van der Waals surface area contributed by atoms with Crippen LogP contribution in [0.2, 0.25) is 0 Å². The van der Waals surface area contributed by atoms with Crippen LogP contribution in [0.15, 0.2) is 23.6 Å². The Labute approximate surface area is 228 Å². The lowest BCUT2D eigenvalue weighted by atomic mass is 9.45. The number of aliphatic carboxylic acids is 1. The van der Waals surface area contributed by atoms with E-state index >= 15 is 8.78 Å². The lowest BCUT2D eigenvalue weighted by Gasteiger charge is -2.61. The first-order valence-electron chi connectivity index (χ1n) is 14.3. The topological polar surface area (TPSA) is 110 Å². The van der Waals surface area contributed by atoms with Crippen molar-refractivity contribution in [3.05, 3.63) is 23.6 Å². The third-order valence-corrected chi connectivity index (χ3v) is 11.4. The predicted octanol–water partition coefficient (Wildman–Crippen LogP) is 5.85. The Kier molecular flexibility index (Phi) is 6.80. The number of ketones is 1. The number of aliphatic hydroxyl groups excluding tert-OH is 1. The van der Waals surface area contributed by atoms with Crippen LogP contribution in [0.4, 0.5) is 13.6 Å². The number of rotatable bonds is 4. The Hall–Kier alpha value is -2.29. The molecule has 9 heteroatoms. The van der Waals surface area contributed by atoms with Crippen molar-refractivity contribution >= 4 is 17.9 Å². The van der Waals surface area contributed by atoms with Crippen molar-refractivity contribution in [3.8, 4) is 0 Å². The summed E-state index contributed by atoms with van der Waals surface area (Å²) in [6, 6.07) is 0. The molecule has 0 aromatic carbocycles. The maximum absolute atomic E-state index is 17.4. The summed E-state index contributed by atoms with van der Waals surface area (Å²) >= 11 is 0. The number of ether oxygens (including phenoxy) is 2. The van der Waals surface area contributed by atoms with Gasteiger partial charge in [0.2, 0.25) is 5.60 Å². The third-order valence-electron chi connectivity index (χ3n) is 11.4. The molecule has 0 radical (unpaired) electrons. The van der Waals surface area contributed by atoms with Crippen molar-refractivity contribution in [2.75, 3.05) is 0 Å². The van der Waals surface area contributed by atoms with Gasteiger partial charge in [0, 0.05) is 35.5 Å². The van der Waals surface area contributed by atoms with Gasteiger partial charge < -0.3 is 19.7 Å². The van der Waals surface area contributed by atoms with Crippen LogP contribution in [-0.4, -0.2) is 51.6 Å². The van der Waals surface area contributed by atoms with Crippen LogP contribution in [0.25, 0.3) is 0 Å². The Morgan fingerprint density at radius 1 is 1.15 bits per heavy atom. The van der Waals surface area contributed by atoms with Gasteiger partial charge in [-0.15, -0.1) is 0 Å². The summed E-state index contributed by atoms with van der Waals surface area (Å²) in [5.41, 5.74) is -7.31. The smallest absolute Gasteiger partial charge is 0.478 e. The summed E-state index contributed by atoms with van der Waals surface area (Å²) in [5, 5.41) is 22.1. The monoisotopic (exact) mass is 550 g/mol. The standard InChI is InChI=1S/C30H40F2O7/c1-5-17-6-8-19(9-7-17)38-26(37)39-30(25(35)36)16(2)12-20-21-14-23(31)22-13-18(33)10-11-27(22,3)29(21,32)24(34)15-28(20,30)4/h10-11,16-17,19-21,24,34H,5-9,12-15H2,1-4H3,(H,35,36)/t16-,17?,19?,20+,21+,24+,27+,28+,29+,30+/m1/s1. The number of allylic oxidation sites excluding steroid dienone is 4. The largest absolute Gasteiger partial charge is 0.509 e. The van der Waals surface area contributed by atoms with Crippen LogP contribution in [0.1, 0.15) is 85.5 Å². The number of carboxylic acids is 1. The van der Waals surface area contributed by atoms with Gasteiger partial charge in [-0.05, 0) is 68.9 Å². The zero-order valence-corrected chi connectivity index (χ0v) is 23.2. The molecule has 3 saturated carbocycles. The van der Waals surface area contributed by atoms with E-state index < -0.39 is 63.9 Å². The second-order valence-electron chi connectivity index (χ2n) is 13.1. The highest BCUT2D eigenvalue weighted by Gasteiger charge is 2.78. The molecule has 0 aromatic rings. The van der Waals surface area contributed by atoms with Gasteiger partial charge in [-0.3, -0.25) is 4.79 Å². The molecular weight excluding hydrogens is 510 g/mol. The molecule has 3 fully saturated rings. The highest BCUT2D eigenvalue weighted by Crippen LogP contribution is 2.71. The molecule has 0 saturated heterocycles. The molecule has 5 aliphatic rings. The lowest BCUT2D eigenvalue weighted by Crippen LogP contribution is -2.69. The molecule has 0 spiro atoms. The van der Waals surface area contributed by atoms with E-state index in [1.165, 1.54) is 19.1 Å². The van der Waals surface area contributed by atoms with Crippen LogP contribution < -0.4 is 0 Å². The zero-order valence-electron chi connectivity index (χ0n) is 23.2. The first-order valence-corrected chi connectivity index (χ1v) is 14.3. The number of hydrogen-bond acceptors (Lipinski definition) is 6. The first kappa shape index (κ1) is 28.2. The Morgan fingerprint density at radius 3 is 2.44 bits per heavy atom. The average Bonchev–Trinajstić information content (AvgIpc) is 3.09. The van der Waals surface area contributed by atoms with E-state index in [1.54, 1.807) is 13.8 Å². The molecule has 5 rings (SSSR count). The third kappa shape index (κ3) is 3.77. The van der Waals surface area contributed by atoms with E-state index in [4.69, 9.17) is 9.47 Å². The second-order valence-corrected chi connectivity index (χ2v) is 13.1. The minimum atomic E-state index is -2.33. The first-order chi connectivity index (χ1) is 18.2. The van der Waals surface area contributed by atoms with E-state index in [-0.39, 0.29) is 43.1 Å². The molecular formula is C30H40F2O7. The summed E-state index contributed by atoms with van der Waals surface area (Å²) in [6.45, 7) is 6.88. The molecule has 216 valence electrons. The van der Waals surface area contributed by atoms with E-state index in [0.29, 0.717) is 18.8 Å². The Morgan fingerprint density at radius 2 is 1.82 bits per heavy atom. The number of carbonyl (C=O) groups excluding carboxylic acids is 2. The maximum Gasteiger partial charge on any atom is 0.509 e. The molecule has 0 unspecified atom stereocenters. The van der Waals surface area contributed by atoms with Crippen LogP contribution >= 0.6 is 0 Å². The molecule has 0 bridgehead atoms. The van der Waals surface area contributed by atoms with Gasteiger partial charge in [-0.25, -0.2) is 18.4 Å².